The molecule has 0 spiro atoms. The number of rotatable bonds is 4. The van der Waals surface area contributed by atoms with Crippen molar-refractivity contribution in [2.45, 2.75) is 24.1 Å². The lowest BCUT2D eigenvalue weighted by Crippen LogP contribution is -2.33. The van der Waals surface area contributed by atoms with Crippen LogP contribution in [0.2, 0.25) is 0 Å². The Labute approximate surface area is 122 Å². The van der Waals surface area contributed by atoms with Crippen LogP contribution >= 0.6 is 11.8 Å². The van der Waals surface area contributed by atoms with Crippen molar-refractivity contribution in [1.82, 2.24) is 10.4 Å². The van der Waals surface area contributed by atoms with Gasteiger partial charge >= 0.3 is 0 Å². The number of hydrogen-bond donors (Lipinski definition) is 2. The number of thioether (sulfide) groups is 1. The Hall–Kier alpha value is -1.85. The molecule has 0 radical (unpaired) electrons. The highest BCUT2D eigenvalue weighted by Crippen LogP contribution is 2.34. The van der Waals surface area contributed by atoms with Gasteiger partial charge in [-0.25, -0.2) is 10.8 Å². The highest BCUT2D eigenvalue weighted by Gasteiger charge is 2.21. The van der Waals surface area contributed by atoms with Crippen molar-refractivity contribution < 1.29 is 4.79 Å². The molecular formula is C15H17N3OS. The molecule has 3 N–H and O–H groups in total. The Balaban J connectivity index is 2.31. The monoisotopic (exact) mass is 287 g/mol. The van der Waals surface area contributed by atoms with Gasteiger partial charge in [-0.05, 0) is 37.1 Å². The SMILES string of the molecule is Cc1cc(C)nc(SC(C(=O)NN)c2ccccc2)c1. The molecule has 20 heavy (non-hydrogen) atoms. The zero-order chi connectivity index (χ0) is 14.5. The smallest absolute Gasteiger partial charge is 0.251 e. The van der Waals surface area contributed by atoms with E-state index in [1.165, 1.54) is 11.8 Å². The molecule has 1 atom stereocenters. The topological polar surface area (TPSA) is 68.0 Å². The van der Waals surface area contributed by atoms with Gasteiger partial charge in [-0.15, -0.1) is 0 Å². The molecule has 1 heterocycles. The van der Waals surface area contributed by atoms with Crippen molar-refractivity contribution in [3.05, 3.63) is 59.3 Å². The van der Waals surface area contributed by atoms with Crippen LogP contribution in [0.5, 0.6) is 0 Å². The van der Waals surface area contributed by atoms with E-state index in [-0.39, 0.29) is 5.91 Å². The maximum Gasteiger partial charge on any atom is 0.251 e. The lowest BCUT2D eigenvalue weighted by Gasteiger charge is -2.15. The van der Waals surface area contributed by atoms with Crippen LogP contribution in [0.1, 0.15) is 22.1 Å². The number of nitrogens with zero attached hydrogens (tertiary/aromatic N) is 1. The molecule has 1 amide bonds. The molecule has 2 aromatic rings. The predicted octanol–water partition coefficient (Wildman–Crippen LogP) is 2.52. The lowest BCUT2D eigenvalue weighted by atomic mass is 10.1. The molecule has 0 aliphatic heterocycles. The minimum absolute atomic E-state index is 0.234. The Morgan fingerprint density at radius 3 is 2.55 bits per heavy atom. The van der Waals surface area contributed by atoms with Gasteiger partial charge in [0.25, 0.3) is 5.91 Å². The molecule has 0 saturated heterocycles. The fourth-order valence-electron chi connectivity index (χ4n) is 1.96. The number of aryl methyl sites for hydroxylation is 2. The largest absolute Gasteiger partial charge is 0.293 e. The summed E-state index contributed by atoms with van der Waals surface area (Å²) in [5.74, 6) is 5.06. The summed E-state index contributed by atoms with van der Waals surface area (Å²) < 4.78 is 0. The van der Waals surface area contributed by atoms with Crippen LogP contribution in [0.4, 0.5) is 0 Å². The van der Waals surface area contributed by atoms with E-state index < -0.39 is 5.25 Å². The Kier molecular flexibility index (Phi) is 4.76. The van der Waals surface area contributed by atoms with Crippen LogP contribution < -0.4 is 11.3 Å². The Bertz CT molecular complexity index is 581. The lowest BCUT2D eigenvalue weighted by molar-refractivity contribution is -0.120. The van der Waals surface area contributed by atoms with Gasteiger partial charge in [0.1, 0.15) is 5.25 Å². The molecule has 4 nitrogen and oxygen atoms in total. The summed E-state index contributed by atoms with van der Waals surface area (Å²) in [6.45, 7) is 3.96. The standard InChI is InChI=1S/C15H17N3OS/c1-10-8-11(2)17-13(9-10)20-14(15(19)18-16)12-6-4-3-5-7-12/h3-9,14H,16H2,1-2H3,(H,18,19). The van der Waals surface area contributed by atoms with E-state index in [2.05, 4.69) is 10.4 Å². The van der Waals surface area contributed by atoms with Crippen LogP contribution in [0.15, 0.2) is 47.5 Å². The quantitative estimate of drug-likeness (QED) is 0.392. The van der Waals surface area contributed by atoms with Gasteiger partial charge in [-0.2, -0.15) is 0 Å². The third-order valence-corrected chi connectivity index (χ3v) is 3.97. The Morgan fingerprint density at radius 1 is 1.25 bits per heavy atom. The maximum atomic E-state index is 12.0. The summed E-state index contributed by atoms with van der Waals surface area (Å²) in [5, 5.41) is 0.412. The summed E-state index contributed by atoms with van der Waals surface area (Å²) in [6, 6.07) is 13.5. The van der Waals surface area contributed by atoms with Gasteiger partial charge in [-0.1, -0.05) is 42.1 Å². The number of aromatic nitrogens is 1. The predicted molar refractivity (Wildman–Crippen MR) is 81.1 cm³/mol. The van der Waals surface area contributed by atoms with E-state index in [1.54, 1.807) is 0 Å². The van der Waals surface area contributed by atoms with Gasteiger partial charge in [0, 0.05) is 5.69 Å². The fraction of sp³-hybridized carbons (Fsp3) is 0.200. The van der Waals surface area contributed by atoms with Gasteiger partial charge in [-0.3, -0.25) is 10.2 Å². The van der Waals surface area contributed by atoms with E-state index in [4.69, 9.17) is 5.84 Å². The third kappa shape index (κ3) is 3.59. The second-order valence-electron chi connectivity index (χ2n) is 4.54. The summed E-state index contributed by atoms with van der Waals surface area (Å²) in [7, 11) is 0. The van der Waals surface area contributed by atoms with E-state index in [0.717, 1.165) is 21.8 Å². The average molecular weight is 287 g/mol. The molecule has 0 bridgehead atoms. The minimum atomic E-state index is -0.408. The van der Waals surface area contributed by atoms with Crippen LogP contribution in [0.25, 0.3) is 0 Å². The molecule has 0 aliphatic rings. The normalized spacial score (nSPS) is 11.9. The van der Waals surface area contributed by atoms with Crippen molar-refractivity contribution in [3.8, 4) is 0 Å². The number of carbonyl (C=O) groups is 1. The van der Waals surface area contributed by atoms with Crippen molar-refractivity contribution in [1.29, 1.82) is 0 Å². The Morgan fingerprint density at radius 2 is 1.95 bits per heavy atom. The molecule has 5 heteroatoms. The van der Waals surface area contributed by atoms with Gasteiger partial charge < -0.3 is 0 Å². The molecule has 1 aromatic heterocycles. The third-order valence-electron chi connectivity index (χ3n) is 2.80. The van der Waals surface area contributed by atoms with Gasteiger partial charge in [0.2, 0.25) is 0 Å². The van der Waals surface area contributed by atoms with E-state index in [9.17, 15) is 4.79 Å². The average Bonchev–Trinajstić information content (AvgIpc) is 2.44. The maximum absolute atomic E-state index is 12.0. The van der Waals surface area contributed by atoms with E-state index in [1.807, 2.05) is 56.3 Å². The molecular weight excluding hydrogens is 270 g/mol. The number of pyridine rings is 1. The number of nitrogens with two attached hydrogens (primary N) is 1. The fourth-order valence-corrected chi connectivity index (χ4v) is 3.12. The number of nitrogens with one attached hydrogen (secondary N) is 1. The highest BCUT2D eigenvalue weighted by molar-refractivity contribution is 8.00. The molecule has 0 aliphatic carbocycles. The summed E-state index contributed by atoms with van der Waals surface area (Å²) in [4.78, 5) is 16.5. The zero-order valence-corrected chi connectivity index (χ0v) is 12.3. The molecule has 1 aromatic carbocycles. The van der Waals surface area contributed by atoms with Gasteiger partial charge in [0.15, 0.2) is 0 Å². The highest BCUT2D eigenvalue weighted by atomic mass is 32.2. The van der Waals surface area contributed by atoms with Crippen LogP contribution in [0, 0.1) is 13.8 Å². The summed E-state index contributed by atoms with van der Waals surface area (Å²) >= 11 is 1.40. The number of benzene rings is 1. The molecule has 2 rings (SSSR count). The first kappa shape index (κ1) is 14.6. The van der Waals surface area contributed by atoms with Gasteiger partial charge in [0.05, 0.1) is 5.03 Å². The van der Waals surface area contributed by atoms with Crippen molar-refractivity contribution in [2.24, 2.45) is 5.84 Å². The van der Waals surface area contributed by atoms with Crippen molar-refractivity contribution >= 4 is 17.7 Å². The van der Waals surface area contributed by atoms with E-state index >= 15 is 0 Å². The second kappa shape index (κ2) is 6.54. The number of hydrogen-bond acceptors (Lipinski definition) is 4. The molecule has 0 fully saturated rings. The number of amides is 1. The van der Waals surface area contributed by atoms with Crippen LogP contribution in [-0.4, -0.2) is 10.9 Å². The second-order valence-corrected chi connectivity index (χ2v) is 5.67. The first-order chi connectivity index (χ1) is 9.60. The summed E-state index contributed by atoms with van der Waals surface area (Å²) in [5.41, 5.74) is 5.19. The molecule has 0 saturated carbocycles. The van der Waals surface area contributed by atoms with Crippen LogP contribution in [-0.2, 0) is 4.79 Å². The van der Waals surface area contributed by atoms with Crippen molar-refractivity contribution in [2.75, 3.05) is 0 Å². The van der Waals surface area contributed by atoms with Crippen LogP contribution in [0.3, 0.4) is 0 Å². The molecule has 104 valence electrons. The number of hydrazine groups is 1. The molecule has 1 unspecified atom stereocenters. The minimum Gasteiger partial charge on any atom is -0.293 e. The first-order valence-electron chi connectivity index (χ1n) is 6.27. The number of carbonyl (C=O) groups excluding carboxylic acids is 1. The van der Waals surface area contributed by atoms with E-state index in [0.29, 0.717) is 0 Å². The first-order valence-corrected chi connectivity index (χ1v) is 7.15. The summed E-state index contributed by atoms with van der Waals surface area (Å²) in [6.07, 6.45) is 0. The van der Waals surface area contributed by atoms with Crippen molar-refractivity contribution in [3.63, 3.8) is 0 Å². The zero-order valence-electron chi connectivity index (χ0n) is 11.5.